The molecule has 1 atom stereocenters. The van der Waals surface area contributed by atoms with Crippen LogP contribution in [0.25, 0.3) is 0 Å². The number of hydrogen-bond donors (Lipinski definition) is 2. The quantitative estimate of drug-likeness (QED) is 0.629. The Labute approximate surface area is 93.0 Å². The third-order valence-electron chi connectivity index (χ3n) is 3.45. The second kappa shape index (κ2) is 3.07. The van der Waals surface area contributed by atoms with Crippen molar-refractivity contribution in [1.29, 1.82) is 0 Å². The van der Waals surface area contributed by atoms with E-state index in [-0.39, 0.29) is 11.9 Å². The third-order valence-corrected chi connectivity index (χ3v) is 3.45. The first kappa shape index (κ1) is 9.39. The van der Waals surface area contributed by atoms with E-state index in [2.05, 4.69) is 16.7 Å². The lowest BCUT2D eigenvalue weighted by molar-refractivity contribution is -0.124. The Morgan fingerprint density at radius 1 is 1.12 bits per heavy atom. The molecule has 16 heavy (non-hydrogen) atoms. The number of carbonyl (C=O) groups excluding carboxylic acids is 2. The molecule has 0 unspecified atom stereocenters. The van der Waals surface area contributed by atoms with Crippen molar-refractivity contribution in [2.24, 2.45) is 0 Å². The molecule has 3 amide bonds. The molecule has 1 spiro atoms. The van der Waals surface area contributed by atoms with Crippen LogP contribution in [0.15, 0.2) is 24.3 Å². The van der Waals surface area contributed by atoms with E-state index < -0.39 is 5.54 Å². The highest BCUT2D eigenvalue weighted by atomic mass is 16.2. The van der Waals surface area contributed by atoms with Gasteiger partial charge in [0.1, 0.15) is 5.54 Å². The van der Waals surface area contributed by atoms with Crippen LogP contribution in [0.3, 0.4) is 0 Å². The molecule has 1 fully saturated rings. The van der Waals surface area contributed by atoms with Crippen LogP contribution >= 0.6 is 0 Å². The maximum Gasteiger partial charge on any atom is 0.322 e. The predicted molar refractivity (Wildman–Crippen MR) is 57.9 cm³/mol. The number of imide groups is 1. The van der Waals surface area contributed by atoms with E-state index in [1.165, 1.54) is 5.56 Å². The molecule has 4 heteroatoms. The lowest BCUT2D eigenvalue weighted by Crippen LogP contribution is -2.51. The summed E-state index contributed by atoms with van der Waals surface area (Å²) in [6.45, 7) is 0. The van der Waals surface area contributed by atoms with E-state index in [1.807, 2.05) is 18.2 Å². The van der Waals surface area contributed by atoms with Gasteiger partial charge in [0, 0.05) is 6.42 Å². The molecule has 1 heterocycles. The van der Waals surface area contributed by atoms with Crippen molar-refractivity contribution in [3.8, 4) is 0 Å². The molecule has 2 N–H and O–H groups in total. The van der Waals surface area contributed by atoms with Gasteiger partial charge in [-0.2, -0.15) is 0 Å². The minimum absolute atomic E-state index is 0.188. The number of benzene rings is 1. The average molecular weight is 216 g/mol. The minimum atomic E-state index is -0.703. The zero-order valence-electron chi connectivity index (χ0n) is 8.75. The topological polar surface area (TPSA) is 58.2 Å². The van der Waals surface area contributed by atoms with Crippen molar-refractivity contribution in [2.45, 2.75) is 24.8 Å². The molecule has 2 aliphatic rings. The molecular formula is C12H12N2O2. The molecule has 4 nitrogen and oxygen atoms in total. The van der Waals surface area contributed by atoms with Crippen LogP contribution in [-0.2, 0) is 17.6 Å². The van der Waals surface area contributed by atoms with E-state index in [0.717, 1.165) is 12.0 Å². The minimum Gasteiger partial charge on any atom is -0.323 e. The number of carbonyl (C=O) groups is 2. The molecule has 0 radical (unpaired) electrons. The summed E-state index contributed by atoms with van der Waals surface area (Å²) in [6, 6.07) is 7.70. The van der Waals surface area contributed by atoms with Gasteiger partial charge in [0.05, 0.1) is 0 Å². The maximum atomic E-state index is 11.8. The smallest absolute Gasteiger partial charge is 0.322 e. The molecule has 0 bridgehead atoms. The summed E-state index contributed by atoms with van der Waals surface area (Å²) in [5.41, 5.74) is 1.74. The first-order valence-electron chi connectivity index (χ1n) is 5.40. The van der Waals surface area contributed by atoms with Gasteiger partial charge in [0.2, 0.25) is 0 Å². The number of nitrogens with one attached hydrogen (secondary N) is 2. The molecule has 1 saturated heterocycles. The SMILES string of the molecule is O=C1NC(=O)[C@@]2(CCc3ccccc3C2)N1. The number of fused-ring (bicyclic) bond motifs is 1. The Kier molecular flexibility index (Phi) is 1.80. The Hall–Kier alpha value is -1.84. The molecule has 0 saturated carbocycles. The summed E-state index contributed by atoms with van der Waals surface area (Å²) in [4.78, 5) is 23.0. The predicted octanol–water partition coefficient (Wildman–Crippen LogP) is 0.754. The van der Waals surface area contributed by atoms with Crippen LogP contribution < -0.4 is 10.6 Å². The third kappa shape index (κ3) is 1.23. The van der Waals surface area contributed by atoms with E-state index in [9.17, 15) is 9.59 Å². The number of amides is 3. The number of aryl methyl sites for hydroxylation is 1. The molecule has 82 valence electrons. The van der Waals surface area contributed by atoms with Crippen LogP contribution in [0.1, 0.15) is 17.5 Å². The van der Waals surface area contributed by atoms with Gasteiger partial charge < -0.3 is 5.32 Å². The standard InChI is InChI=1S/C12H12N2O2/c15-10-12(14-11(16)13-10)6-5-8-3-1-2-4-9(8)7-12/h1-4H,5-7H2,(H2,13,14,15,16)/t12-/m0/s1. The van der Waals surface area contributed by atoms with Crippen LogP contribution in [0, 0.1) is 0 Å². The summed E-state index contributed by atoms with van der Waals surface area (Å²) >= 11 is 0. The summed E-state index contributed by atoms with van der Waals surface area (Å²) < 4.78 is 0. The Balaban J connectivity index is 1.98. The van der Waals surface area contributed by atoms with Crippen molar-refractivity contribution in [2.75, 3.05) is 0 Å². The fourth-order valence-corrected chi connectivity index (χ4v) is 2.56. The summed E-state index contributed by atoms with van der Waals surface area (Å²) in [5, 5.41) is 5.08. The van der Waals surface area contributed by atoms with Crippen molar-refractivity contribution < 1.29 is 9.59 Å². The van der Waals surface area contributed by atoms with Gasteiger partial charge in [-0.3, -0.25) is 10.1 Å². The molecular weight excluding hydrogens is 204 g/mol. The number of urea groups is 1. The lowest BCUT2D eigenvalue weighted by atomic mass is 9.78. The van der Waals surface area contributed by atoms with E-state index in [0.29, 0.717) is 12.8 Å². The molecule has 0 aromatic heterocycles. The van der Waals surface area contributed by atoms with Gasteiger partial charge in [-0.05, 0) is 24.0 Å². The second-order valence-corrected chi connectivity index (χ2v) is 4.44. The fraction of sp³-hybridized carbons (Fsp3) is 0.333. The zero-order chi connectivity index (χ0) is 11.2. The van der Waals surface area contributed by atoms with Crippen LogP contribution in [0.2, 0.25) is 0 Å². The summed E-state index contributed by atoms with van der Waals surface area (Å²) in [5.74, 6) is -0.188. The average Bonchev–Trinajstić information content (AvgIpc) is 2.53. The van der Waals surface area contributed by atoms with Gasteiger partial charge >= 0.3 is 6.03 Å². The van der Waals surface area contributed by atoms with Crippen LogP contribution in [-0.4, -0.2) is 17.5 Å². The molecule has 3 rings (SSSR count). The maximum absolute atomic E-state index is 11.8. The molecule has 1 aliphatic carbocycles. The summed E-state index contributed by atoms with van der Waals surface area (Å²) in [7, 11) is 0. The fourth-order valence-electron chi connectivity index (χ4n) is 2.56. The Bertz CT molecular complexity index is 484. The van der Waals surface area contributed by atoms with Crippen molar-refractivity contribution in [3.05, 3.63) is 35.4 Å². The van der Waals surface area contributed by atoms with Gasteiger partial charge in [-0.15, -0.1) is 0 Å². The lowest BCUT2D eigenvalue weighted by Gasteiger charge is -2.31. The van der Waals surface area contributed by atoms with Gasteiger partial charge in [0.25, 0.3) is 5.91 Å². The first-order valence-corrected chi connectivity index (χ1v) is 5.40. The van der Waals surface area contributed by atoms with Crippen molar-refractivity contribution in [3.63, 3.8) is 0 Å². The van der Waals surface area contributed by atoms with E-state index in [1.54, 1.807) is 0 Å². The highest BCUT2D eigenvalue weighted by molar-refractivity contribution is 6.07. The Morgan fingerprint density at radius 3 is 2.56 bits per heavy atom. The van der Waals surface area contributed by atoms with Gasteiger partial charge in [-0.1, -0.05) is 24.3 Å². The Morgan fingerprint density at radius 2 is 1.88 bits per heavy atom. The molecule has 1 aromatic carbocycles. The monoisotopic (exact) mass is 216 g/mol. The molecule has 1 aliphatic heterocycles. The van der Waals surface area contributed by atoms with Gasteiger partial charge in [-0.25, -0.2) is 4.79 Å². The normalized spacial score (nSPS) is 27.5. The van der Waals surface area contributed by atoms with Crippen LogP contribution in [0.5, 0.6) is 0 Å². The number of rotatable bonds is 0. The largest absolute Gasteiger partial charge is 0.323 e. The highest BCUT2D eigenvalue weighted by Gasteiger charge is 2.47. The van der Waals surface area contributed by atoms with E-state index in [4.69, 9.17) is 0 Å². The van der Waals surface area contributed by atoms with E-state index >= 15 is 0 Å². The van der Waals surface area contributed by atoms with Crippen molar-refractivity contribution >= 4 is 11.9 Å². The second-order valence-electron chi connectivity index (χ2n) is 4.44. The number of hydrogen-bond acceptors (Lipinski definition) is 2. The van der Waals surface area contributed by atoms with Gasteiger partial charge in [0.15, 0.2) is 0 Å². The summed E-state index contributed by atoms with van der Waals surface area (Å²) in [6.07, 6.45) is 2.12. The van der Waals surface area contributed by atoms with Crippen molar-refractivity contribution in [1.82, 2.24) is 10.6 Å². The molecule has 1 aromatic rings. The first-order chi connectivity index (χ1) is 7.70. The highest BCUT2D eigenvalue weighted by Crippen LogP contribution is 2.30. The zero-order valence-corrected chi connectivity index (χ0v) is 8.75. The van der Waals surface area contributed by atoms with Crippen LogP contribution in [0.4, 0.5) is 4.79 Å².